The van der Waals surface area contributed by atoms with Gasteiger partial charge in [0.2, 0.25) is 0 Å². The van der Waals surface area contributed by atoms with Gasteiger partial charge in [-0.15, -0.1) is 0 Å². The van der Waals surface area contributed by atoms with Crippen LogP contribution in [-0.4, -0.2) is 39.2 Å². The minimum atomic E-state index is -4.44. The van der Waals surface area contributed by atoms with Crippen LogP contribution < -0.4 is 4.90 Å². The third-order valence-corrected chi connectivity index (χ3v) is 3.35. The van der Waals surface area contributed by atoms with Crippen molar-refractivity contribution in [3.05, 3.63) is 35.9 Å². The Bertz CT molecular complexity index is 757. The smallest absolute Gasteiger partial charge is 0.414 e. The van der Waals surface area contributed by atoms with Crippen molar-refractivity contribution in [2.75, 3.05) is 11.4 Å². The predicted octanol–water partition coefficient (Wildman–Crippen LogP) is 4.61. The maximum absolute atomic E-state index is 12.7. The highest BCUT2D eigenvalue weighted by atomic mass is 35.5. The van der Waals surface area contributed by atoms with E-state index in [9.17, 15) is 18.0 Å². The molecule has 0 fully saturated rings. The number of halogens is 4. The molecule has 0 aromatic carbocycles. The number of amides is 1. The van der Waals surface area contributed by atoms with Gasteiger partial charge >= 0.3 is 12.3 Å². The van der Waals surface area contributed by atoms with E-state index in [1.54, 1.807) is 39.1 Å². The quantitative estimate of drug-likeness (QED) is 0.764. The third-order valence-electron chi connectivity index (χ3n) is 3.09. The molecule has 1 amide bonds. The number of carbonyl (C=O) groups excluding carboxylic acids is 1. The molecule has 2 aromatic heterocycles. The van der Waals surface area contributed by atoms with Gasteiger partial charge in [0.25, 0.3) is 0 Å². The molecule has 2 heterocycles. The minimum Gasteiger partial charge on any atom is -0.443 e. The fourth-order valence-corrected chi connectivity index (χ4v) is 2.24. The van der Waals surface area contributed by atoms with Gasteiger partial charge in [-0.05, 0) is 32.9 Å². The molecule has 0 atom stereocenters. The maximum atomic E-state index is 12.7. The average Bonchev–Trinajstić information content (AvgIpc) is 2.87. The number of nitrogens with zero attached hydrogens (tertiary/aromatic N) is 4. The van der Waals surface area contributed by atoms with Crippen molar-refractivity contribution in [3.8, 4) is 5.69 Å². The Hall–Kier alpha value is -2.29. The lowest BCUT2D eigenvalue weighted by Gasteiger charge is -2.27. The fraction of sp³-hybridized carbons (Fsp3) is 0.438. The number of rotatable bonds is 4. The molecule has 2 rings (SSSR count). The molecule has 6 nitrogen and oxygen atoms in total. The van der Waals surface area contributed by atoms with E-state index in [2.05, 4.69) is 10.1 Å². The minimum absolute atomic E-state index is 0.0222. The van der Waals surface area contributed by atoms with Crippen molar-refractivity contribution < 1.29 is 22.7 Å². The SMILES string of the molecule is CC(C)(C)OC(=O)N(CCC(F)(F)F)c1cn(-c2cccnc2)nc1Cl. The van der Waals surface area contributed by atoms with Gasteiger partial charge < -0.3 is 4.74 Å². The molecule has 142 valence electrons. The van der Waals surface area contributed by atoms with E-state index < -0.39 is 30.8 Å². The number of pyridine rings is 1. The Kier molecular flexibility index (Phi) is 5.80. The van der Waals surface area contributed by atoms with Crippen LogP contribution in [0.5, 0.6) is 0 Å². The topological polar surface area (TPSA) is 60.2 Å². The first-order valence-corrected chi connectivity index (χ1v) is 8.07. The summed E-state index contributed by atoms with van der Waals surface area (Å²) in [5.74, 6) is 0. The van der Waals surface area contributed by atoms with Crippen LogP contribution in [0.3, 0.4) is 0 Å². The van der Waals surface area contributed by atoms with Gasteiger partial charge in [-0.25, -0.2) is 9.48 Å². The number of aromatic nitrogens is 3. The highest BCUT2D eigenvalue weighted by Crippen LogP contribution is 2.29. The lowest BCUT2D eigenvalue weighted by molar-refractivity contribution is -0.132. The van der Waals surface area contributed by atoms with Gasteiger partial charge in [0, 0.05) is 12.7 Å². The molecular formula is C16H18ClF3N4O2. The summed E-state index contributed by atoms with van der Waals surface area (Å²) in [6, 6.07) is 3.35. The second kappa shape index (κ2) is 7.53. The van der Waals surface area contributed by atoms with E-state index in [0.29, 0.717) is 5.69 Å². The molecule has 0 radical (unpaired) electrons. The van der Waals surface area contributed by atoms with Crippen LogP contribution in [-0.2, 0) is 4.74 Å². The highest BCUT2D eigenvalue weighted by Gasteiger charge is 2.33. The van der Waals surface area contributed by atoms with Crippen LogP contribution in [0.1, 0.15) is 27.2 Å². The highest BCUT2D eigenvalue weighted by molar-refractivity contribution is 6.32. The third kappa shape index (κ3) is 5.62. The summed E-state index contributed by atoms with van der Waals surface area (Å²) in [7, 11) is 0. The molecule has 0 N–H and O–H groups in total. The van der Waals surface area contributed by atoms with Crippen LogP contribution >= 0.6 is 11.6 Å². The van der Waals surface area contributed by atoms with Gasteiger partial charge in [-0.2, -0.15) is 18.3 Å². The molecule has 0 aliphatic carbocycles. The largest absolute Gasteiger partial charge is 0.443 e. The molecule has 0 spiro atoms. The van der Waals surface area contributed by atoms with Crippen LogP contribution in [0.25, 0.3) is 5.69 Å². The second-order valence-electron chi connectivity index (χ2n) is 6.46. The summed E-state index contributed by atoms with van der Waals surface area (Å²) in [4.78, 5) is 17.2. The van der Waals surface area contributed by atoms with E-state index in [1.165, 1.54) is 17.1 Å². The molecule has 0 aliphatic heterocycles. The van der Waals surface area contributed by atoms with Crippen molar-refractivity contribution in [1.29, 1.82) is 0 Å². The molecule has 0 bridgehead atoms. The number of anilines is 1. The number of hydrogen-bond donors (Lipinski definition) is 0. The van der Waals surface area contributed by atoms with Crippen molar-refractivity contribution in [3.63, 3.8) is 0 Å². The first-order valence-electron chi connectivity index (χ1n) is 7.69. The van der Waals surface area contributed by atoms with Gasteiger partial charge in [0.1, 0.15) is 11.3 Å². The van der Waals surface area contributed by atoms with Gasteiger partial charge in [-0.1, -0.05) is 11.6 Å². The predicted molar refractivity (Wildman–Crippen MR) is 90.6 cm³/mol. The fourth-order valence-electron chi connectivity index (χ4n) is 2.01. The van der Waals surface area contributed by atoms with E-state index in [1.807, 2.05) is 0 Å². The summed E-state index contributed by atoms with van der Waals surface area (Å²) in [5, 5.41) is 3.91. The molecule has 0 saturated heterocycles. The Morgan fingerprint density at radius 2 is 2.04 bits per heavy atom. The first-order chi connectivity index (χ1) is 12.0. The number of ether oxygens (including phenoxy) is 1. The average molecular weight is 391 g/mol. The summed E-state index contributed by atoms with van der Waals surface area (Å²) < 4.78 is 44.5. The number of hydrogen-bond acceptors (Lipinski definition) is 4. The van der Waals surface area contributed by atoms with E-state index in [-0.39, 0.29) is 10.8 Å². The zero-order valence-electron chi connectivity index (χ0n) is 14.4. The van der Waals surface area contributed by atoms with Gasteiger partial charge in [0.05, 0.1) is 24.5 Å². The summed E-state index contributed by atoms with van der Waals surface area (Å²) in [6.45, 7) is 4.21. The molecule has 10 heteroatoms. The monoisotopic (exact) mass is 390 g/mol. The standard InChI is InChI=1S/C16H18ClF3N4O2/c1-15(2,3)26-14(25)23(8-6-16(18,19)20)12-10-24(22-13(12)17)11-5-4-7-21-9-11/h4-5,7,9-10H,6,8H2,1-3H3. The van der Waals surface area contributed by atoms with Crippen LogP contribution in [0, 0.1) is 0 Å². The van der Waals surface area contributed by atoms with Crippen molar-refractivity contribution in [1.82, 2.24) is 14.8 Å². The van der Waals surface area contributed by atoms with Gasteiger partial charge in [0.15, 0.2) is 5.15 Å². The second-order valence-corrected chi connectivity index (χ2v) is 6.82. The van der Waals surface area contributed by atoms with Crippen molar-refractivity contribution >= 4 is 23.4 Å². The lowest BCUT2D eigenvalue weighted by Crippen LogP contribution is -2.38. The van der Waals surface area contributed by atoms with Crippen LogP contribution in [0.15, 0.2) is 30.7 Å². The maximum Gasteiger partial charge on any atom is 0.414 e. The number of alkyl halides is 3. The van der Waals surface area contributed by atoms with Crippen LogP contribution in [0.4, 0.5) is 23.7 Å². The van der Waals surface area contributed by atoms with Crippen molar-refractivity contribution in [2.45, 2.75) is 39.0 Å². The normalized spacial score (nSPS) is 12.1. The van der Waals surface area contributed by atoms with Crippen LogP contribution in [0.2, 0.25) is 5.15 Å². The van der Waals surface area contributed by atoms with E-state index in [4.69, 9.17) is 16.3 Å². The molecule has 0 saturated carbocycles. The number of carbonyl (C=O) groups is 1. The molecule has 0 unspecified atom stereocenters. The van der Waals surface area contributed by atoms with E-state index in [0.717, 1.165) is 4.90 Å². The zero-order valence-corrected chi connectivity index (χ0v) is 15.2. The summed E-state index contributed by atoms with van der Waals surface area (Å²) in [6.07, 6.45) is -2.16. The Morgan fingerprint density at radius 1 is 1.35 bits per heavy atom. The zero-order chi connectivity index (χ0) is 19.5. The Labute approximate surface area is 153 Å². The van der Waals surface area contributed by atoms with E-state index >= 15 is 0 Å². The van der Waals surface area contributed by atoms with Gasteiger partial charge in [-0.3, -0.25) is 9.88 Å². The summed E-state index contributed by atoms with van der Waals surface area (Å²) >= 11 is 6.07. The Balaban J connectivity index is 2.35. The molecule has 0 aliphatic rings. The molecule has 2 aromatic rings. The Morgan fingerprint density at radius 3 is 2.58 bits per heavy atom. The van der Waals surface area contributed by atoms with Crippen molar-refractivity contribution in [2.24, 2.45) is 0 Å². The first kappa shape index (κ1) is 20.0. The molecular weight excluding hydrogens is 373 g/mol. The summed E-state index contributed by atoms with van der Waals surface area (Å²) in [5.41, 5.74) is -0.311. The molecule has 26 heavy (non-hydrogen) atoms. The lowest BCUT2D eigenvalue weighted by atomic mass is 10.2.